The number of aryl methyl sites for hydroxylation is 1. The Morgan fingerprint density at radius 2 is 1.69 bits per heavy atom. The molecule has 0 fully saturated rings. The molecule has 0 saturated heterocycles. The lowest BCUT2D eigenvalue weighted by Gasteiger charge is -2.26. The Labute approximate surface area is 187 Å². The first-order chi connectivity index (χ1) is 15.3. The molecule has 3 rings (SSSR count). The molecule has 0 bridgehead atoms. The van der Waals surface area contributed by atoms with Crippen molar-refractivity contribution >= 4 is 27.3 Å². The minimum atomic E-state index is -4.08. The van der Waals surface area contributed by atoms with Gasteiger partial charge in [-0.1, -0.05) is 48.0 Å². The van der Waals surface area contributed by atoms with Gasteiger partial charge in [0.2, 0.25) is 5.91 Å². The number of anilines is 2. The summed E-state index contributed by atoms with van der Waals surface area (Å²) in [7, 11) is -4.08. The van der Waals surface area contributed by atoms with Gasteiger partial charge in [-0.25, -0.2) is 8.42 Å². The normalized spacial score (nSPS) is 10.9. The third-order valence-electron chi connectivity index (χ3n) is 4.85. The average molecular weight is 450 g/mol. The van der Waals surface area contributed by atoms with Crippen LogP contribution in [0.4, 0.5) is 11.4 Å². The standard InChI is InChI=1S/C24H23N3O4S/c1-18-6-12-22(13-7-18)32(30,31)27(23-5-3-2-4-20(23)17-28)16-24(29)26-21-10-8-19(9-11-21)14-15-25/h2-13,28H,14,16-17H2,1H3,(H,26,29). The molecular formula is C24H23N3O4S. The van der Waals surface area contributed by atoms with Crippen molar-refractivity contribution in [2.45, 2.75) is 24.8 Å². The van der Waals surface area contributed by atoms with Gasteiger partial charge in [0, 0.05) is 11.3 Å². The number of aliphatic hydroxyl groups excluding tert-OH is 1. The van der Waals surface area contributed by atoms with Crippen LogP contribution in [0.25, 0.3) is 0 Å². The van der Waals surface area contributed by atoms with E-state index in [-0.39, 0.29) is 23.6 Å². The maximum absolute atomic E-state index is 13.5. The van der Waals surface area contributed by atoms with Gasteiger partial charge in [-0.05, 0) is 42.8 Å². The molecule has 164 valence electrons. The summed E-state index contributed by atoms with van der Waals surface area (Å²) >= 11 is 0. The van der Waals surface area contributed by atoms with Gasteiger partial charge < -0.3 is 10.4 Å². The van der Waals surface area contributed by atoms with Crippen LogP contribution in [0.3, 0.4) is 0 Å². The summed E-state index contributed by atoms with van der Waals surface area (Å²) in [5, 5.41) is 21.2. The number of sulfonamides is 1. The fourth-order valence-electron chi connectivity index (χ4n) is 3.15. The number of aliphatic hydroxyl groups is 1. The number of benzene rings is 3. The van der Waals surface area contributed by atoms with Crippen molar-refractivity contribution in [2.24, 2.45) is 0 Å². The molecule has 0 spiro atoms. The molecular weight excluding hydrogens is 426 g/mol. The summed E-state index contributed by atoms with van der Waals surface area (Å²) in [6.45, 7) is 0.996. The molecule has 7 nitrogen and oxygen atoms in total. The van der Waals surface area contributed by atoms with Gasteiger partial charge in [-0.2, -0.15) is 5.26 Å². The van der Waals surface area contributed by atoms with Gasteiger partial charge in [0.15, 0.2) is 0 Å². The molecule has 0 aromatic heterocycles. The Hall–Kier alpha value is -3.67. The van der Waals surface area contributed by atoms with Crippen LogP contribution >= 0.6 is 0 Å². The SMILES string of the molecule is Cc1ccc(S(=O)(=O)N(CC(=O)Nc2ccc(CC#N)cc2)c2ccccc2CO)cc1. The van der Waals surface area contributed by atoms with Crippen molar-refractivity contribution in [1.29, 1.82) is 5.26 Å². The fraction of sp³-hybridized carbons (Fsp3) is 0.167. The van der Waals surface area contributed by atoms with E-state index in [1.54, 1.807) is 60.7 Å². The Kier molecular flexibility index (Phi) is 7.25. The molecule has 0 aliphatic carbocycles. The van der Waals surface area contributed by atoms with Crippen LogP contribution in [-0.2, 0) is 27.8 Å². The summed E-state index contributed by atoms with van der Waals surface area (Å²) in [5.41, 5.74) is 2.82. The maximum atomic E-state index is 13.5. The summed E-state index contributed by atoms with van der Waals surface area (Å²) in [4.78, 5) is 12.9. The number of hydrogen-bond donors (Lipinski definition) is 2. The highest BCUT2D eigenvalue weighted by Crippen LogP contribution is 2.27. The zero-order valence-corrected chi connectivity index (χ0v) is 18.3. The van der Waals surface area contributed by atoms with Crippen LogP contribution in [0.5, 0.6) is 0 Å². The van der Waals surface area contributed by atoms with Crippen molar-refractivity contribution in [3.63, 3.8) is 0 Å². The average Bonchev–Trinajstić information content (AvgIpc) is 2.79. The van der Waals surface area contributed by atoms with Crippen molar-refractivity contribution in [1.82, 2.24) is 0 Å². The third-order valence-corrected chi connectivity index (χ3v) is 6.62. The van der Waals surface area contributed by atoms with Crippen molar-refractivity contribution < 1.29 is 18.3 Å². The van der Waals surface area contributed by atoms with E-state index in [0.717, 1.165) is 15.4 Å². The Morgan fingerprint density at radius 3 is 2.31 bits per heavy atom. The van der Waals surface area contributed by atoms with Gasteiger partial charge >= 0.3 is 0 Å². The second-order valence-corrected chi connectivity index (χ2v) is 9.05. The fourth-order valence-corrected chi connectivity index (χ4v) is 4.61. The molecule has 3 aromatic rings. The number of amides is 1. The molecule has 32 heavy (non-hydrogen) atoms. The number of nitrogens with zero attached hydrogens (tertiary/aromatic N) is 2. The number of carbonyl (C=O) groups excluding carboxylic acids is 1. The molecule has 0 saturated carbocycles. The van der Waals surface area contributed by atoms with Crippen LogP contribution in [0.15, 0.2) is 77.7 Å². The summed E-state index contributed by atoms with van der Waals surface area (Å²) in [6.07, 6.45) is 0.259. The number of rotatable bonds is 8. The maximum Gasteiger partial charge on any atom is 0.264 e. The Morgan fingerprint density at radius 1 is 1.03 bits per heavy atom. The number of nitrogens with one attached hydrogen (secondary N) is 1. The lowest BCUT2D eigenvalue weighted by atomic mass is 10.1. The highest BCUT2D eigenvalue weighted by atomic mass is 32.2. The molecule has 3 aromatic carbocycles. The lowest BCUT2D eigenvalue weighted by molar-refractivity contribution is -0.114. The van der Waals surface area contributed by atoms with Gasteiger partial charge in [0.25, 0.3) is 10.0 Å². The number of para-hydroxylation sites is 1. The van der Waals surface area contributed by atoms with E-state index < -0.39 is 22.5 Å². The molecule has 2 N–H and O–H groups in total. The van der Waals surface area contributed by atoms with Crippen LogP contribution in [-0.4, -0.2) is 26.0 Å². The number of hydrogen-bond acceptors (Lipinski definition) is 5. The predicted octanol–water partition coefficient (Wildman–Crippen LogP) is 3.39. The van der Waals surface area contributed by atoms with Gasteiger partial charge in [-0.3, -0.25) is 9.10 Å². The second kappa shape index (κ2) is 10.1. The predicted molar refractivity (Wildman–Crippen MR) is 122 cm³/mol. The third kappa shape index (κ3) is 5.32. The van der Waals surface area contributed by atoms with Crippen molar-refractivity contribution in [2.75, 3.05) is 16.2 Å². The molecule has 0 heterocycles. The Bertz CT molecular complexity index is 1230. The van der Waals surface area contributed by atoms with Crippen LogP contribution in [0, 0.1) is 18.3 Å². The van der Waals surface area contributed by atoms with Gasteiger partial charge in [0.1, 0.15) is 6.54 Å². The van der Waals surface area contributed by atoms with Crippen LogP contribution in [0.1, 0.15) is 16.7 Å². The van der Waals surface area contributed by atoms with E-state index in [0.29, 0.717) is 11.3 Å². The highest BCUT2D eigenvalue weighted by Gasteiger charge is 2.28. The molecule has 0 atom stereocenters. The molecule has 1 amide bonds. The molecule has 0 aliphatic rings. The van der Waals surface area contributed by atoms with E-state index in [1.165, 1.54) is 12.1 Å². The van der Waals surface area contributed by atoms with Crippen LogP contribution < -0.4 is 9.62 Å². The van der Waals surface area contributed by atoms with Gasteiger partial charge in [-0.15, -0.1) is 0 Å². The van der Waals surface area contributed by atoms with E-state index >= 15 is 0 Å². The number of nitriles is 1. The lowest BCUT2D eigenvalue weighted by Crippen LogP contribution is -2.38. The van der Waals surface area contributed by atoms with E-state index in [1.807, 2.05) is 6.92 Å². The minimum Gasteiger partial charge on any atom is -0.392 e. The Balaban J connectivity index is 1.93. The zero-order valence-electron chi connectivity index (χ0n) is 17.5. The highest BCUT2D eigenvalue weighted by molar-refractivity contribution is 7.92. The molecule has 8 heteroatoms. The van der Waals surface area contributed by atoms with Crippen LogP contribution in [0.2, 0.25) is 0 Å². The first-order valence-electron chi connectivity index (χ1n) is 9.89. The monoisotopic (exact) mass is 449 g/mol. The first-order valence-corrected chi connectivity index (χ1v) is 11.3. The summed E-state index contributed by atoms with van der Waals surface area (Å²) in [6, 6.07) is 21.7. The van der Waals surface area contributed by atoms with Crippen molar-refractivity contribution in [3.05, 3.63) is 89.5 Å². The van der Waals surface area contributed by atoms with E-state index in [4.69, 9.17) is 5.26 Å². The van der Waals surface area contributed by atoms with E-state index in [2.05, 4.69) is 11.4 Å². The quantitative estimate of drug-likeness (QED) is 0.548. The largest absolute Gasteiger partial charge is 0.392 e. The molecule has 0 unspecified atom stereocenters. The van der Waals surface area contributed by atoms with Gasteiger partial charge in [0.05, 0.1) is 29.7 Å². The number of carbonyl (C=O) groups is 1. The topological polar surface area (TPSA) is 111 Å². The first kappa shape index (κ1) is 23.0. The second-order valence-electron chi connectivity index (χ2n) is 7.19. The smallest absolute Gasteiger partial charge is 0.264 e. The van der Waals surface area contributed by atoms with Crippen molar-refractivity contribution in [3.8, 4) is 6.07 Å². The minimum absolute atomic E-state index is 0.0458. The zero-order chi connectivity index (χ0) is 23.1. The summed E-state index contributed by atoms with van der Waals surface area (Å²) in [5.74, 6) is -0.540. The summed E-state index contributed by atoms with van der Waals surface area (Å²) < 4.78 is 27.9. The molecule has 0 radical (unpaired) electrons. The molecule has 0 aliphatic heterocycles. The van der Waals surface area contributed by atoms with E-state index in [9.17, 15) is 18.3 Å².